The zero-order valence-corrected chi connectivity index (χ0v) is 19.6. The Morgan fingerprint density at radius 2 is 1.85 bits per heavy atom. The maximum atomic E-state index is 13.2. The summed E-state index contributed by atoms with van der Waals surface area (Å²) in [6.07, 6.45) is 3.72. The first-order chi connectivity index (χ1) is 16.5. The molecule has 2 aliphatic heterocycles. The fourth-order valence-electron chi connectivity index (χ4n) is 5.38. The van der Waals surface area contributed by atoms with E-state index in [0.29, 0.717) is 30.1 Å². The smallest absolute Gasteiger partial charge is 0.265 e. The number of nitrogens with one attached hydrogen (secondary N) is 1. The maximum Gasteiger partial charge on any atom is 0.265 e. The first-order valence-electron chi connectivity index (χ1n) is 11.4. The number of fused-ring (bicyclic) bond motifs is 1. The van der Waals surface area contributed by atoms with Crippen molar-refractivity contribution in [3.05, 3.63) is 66.4 Å². The van der Waals surface area contributed by atoms with E-state index in [0.717, 1.165) is 34.9 Å². The van der Waals surface area contributed by atoms with Gasteiger partial charge in [-0.15, -0.1) is 0 Å². The van der Waals surface area contributed by atoms with Crippen LogP contribution in [0, 0.1) is 0 Å². The number of hydrogen-bond acceptors (Lipinski definition) is 4. The molecule has 1 N–H and O–H groups in total. The minimum Gasteiger partial charge on any atom is -0.497 e. The largest absolute Gasteiger partial charge is 0.497 e. The Bertz CT molecular complexity index is 1530. The van der Waals surface area contributed by atoms with E-state index in [1.165, 1.54) is 9.87 Å². The van der Waals surface area contributed by atoms with Crippen LogP contribution in [-0.4, -0.2) is 51.0 Å². The van der Waals surface area contributed by atoms with Crippen molar-refractivity contribution in [3.63, 3.8) is 0 Å². The number of aromatic amines is 1. The third-order valence-electron chi connectivity index (χ3n) is 7.17. The van der Waals surface area contributed by atoms with E-state index in [1.807, 2.05) is 30.3 Å². The number of aromatic nitrogens is 1. The van der Waals surface area contributed by atoms with Gasteiger partial charge in [-0.25, -0.2) is 8.42 Å². The Hall–Kier alpha value is -3.52. The molecule has 6 rings (SSSR count). The van der Waals surface area contributed by atoms with E-state index in [-0.39, 0.29) is 17.3 Å². The van der Waals surface area contributed by atoms with Crippen LogP contribution >= 0.6 is 0 Å². The second-order valence-corrected chi connectivity index (χ2v) is 10.8. The van der Waals surface area contributed by atoms with Gasteiger partial charge < -0.3 is 14.6 Å². The Balaban J connectivity index is 1.19. The number of nitrogens with zero attached hydrogens (tertiary/aromatic N) is 2. The van der Waals surface area contributed by atoms with Crippen LogP contribution in [0.25, 0.3) is 21.7 Å². The molecule has 1 amide bonds. The number of sulfonamides is 1. The molecule has 4 aromatic rings. The Morgan fingerprint density at radius 1 is 1.09 bits per heavy atom. The lowest BCUT2D eigenvalue weighted by atomic mass is 9.89. The summed E-state index contributed by atoms with van der Waals surface area (Å²) in [5.41, 5.74) is 2.90. The molecule has 0 bridgehead atoms. The molecular formula is C26H25N3O4S. The van der Waals surface area contributed by atoms with Crippen molar-refractivity contribution < 1.29 is 17.9 Å². The van der Waals surface area contributed by atoms with Gasteiger partial charge in [0, 0.05) is 35.6 Å². The predicted molar refractivity (Wildman–Crippen MR) is 132 cm³/mol. The number of carbonyl (C=O) groups is 1. The van der Waals surface area contributed by atoms with Crippen molar-refractivity contribution in [1.82, 2.24) is 9.88 Å². The van der Waals surface area contributed by atoms with E-state index in [4.69, 9.17) is 4.74 Å². The van der Waals surface area contributed by atoms with Gasteiger partial charge in [0.1, 0.15) is 12.3 Å². The summed E-state index contributed by atoms with van der Waals surface area (Å²) in [4.78, 5) is 18.6. The van der Waals surface area contributed by atoms with Gasteiger partial charge in [0.15, 0.2) is 0 Å². The Morgan fingerprint density at radius 3 is 2.62 bits per heavy atom. The zero-order valence-electron chi connectivity index (χ0n) is 18.8. The highest BCUT2D eigenvalue weighted by Crippen LogP contribution is 2.42. The van der Waals surface area contributed by atoms with Crippen LogP contribution in [0.3, 0.4) is 0 Å². The summed E-state index contributed by atoms with van der Waals surface area (Å²) in [5, 5.41) is 2.72. The average Bonchev–Trinajstić information content (AvgIpc) is 3.38. The van der Waals surface area contributed by atoms with E-state index in [1.54, 1.807) is 30.2 Å². The topological polar surface area (TPSA) is 82.7 Å². The number of ether oxygens (including phenoxy) is 1. The molecule has 0 aliphatic carbocycles. The predicted octanol–water partition coefficient (Wildman–Crippen LogP) is 4.24. The number of hydrogen-bond donors (Lipinski definition) is 1. The van der Waals surface area contributed by atoms with Crippen molar-refractivity contribution in [2.75, 3.05) is 31.0 Å². The van der Waals surface area contributed by atoms with Crippen LogP contribution in [-0.2, 0) is 14.8 Å². The van der Waals surface area contributed by atoms with Gasteiger partial charge in [-0.05, 0) is 60.0 Å². The third-order valence-corrected chi connectivity index (χ3v) is 8.97. The number of amides is 1. The van der Waals surface area contributed by atoms with Crippen molar-refractivity contribution in [1.29, 1.82) is 0 Å². The van der Waals surface area contributed by atoms with Crippen LogP contribution < -0.4 is 9.04 Å². The van der Waals surface area contributed by atoms with Crippen LogP contribution in [0.15, 0.2) is 65.7 Å². The molecule has 34 heavy (non-hydrogen) atoms. The minimum absolute atomic E-state index is 0.160. The molecule has 0 unspecified atom stereocenters. The number of methoxy groups -OCH3 is 1. The van der Waals surface area contributed by atoms with Gasteiger partial charge in [-0.1, -0.05) is 24.3 Å². The lowest BCUT2D eigenvalue weighted by Crippen LogP contribution is -2.44. The van der Waals surface area contributed by atoms with Crippen LogP contribution in [0.1, 0.15) is 24.3 Å². The molecule has 1 aromatic heterocycles. The summed E-state index contributed by atoms with van der Waals surface area (Å²) in [6, 6.07) is 16.8. The highest BCUT2D eigenvalue weighted by atomic mass is 32.2. The van der Waals surface area contributed by atoms with Crippen molar-refractivity contribution >= 4 is 43.3 Å². The number of benzene rings is 3. The highest BCUT2D eigenvalue weighted by Gasteiger charge is 2.38. The van der Waals surface area contributed by atoms with Gasteiger partial charge in [0.25, 0.3) is 10.0 Å². The molecule has 3 aromatic carbocycles. The molecule has 0 radical (unpaired) electrons. The summed E-state index contributed by atoms with van der Waals surface area (Å²) in [5.74, 6) is 0.995. The van der Waals surface area contributed by atoms with Gasteiger partial charge in [0.2, 0.25) is 5.91 Å². The number of likely N-dealkylation sites (tertiary alicyclic amines) is 1. The lowest BCUT2D eigenvalue weighted by Gasteiger charge is -2.33. The second-order valence-electron chi connectivity index (χ2n) is 8.95. The molecule has 3 heterocycles. The van der Waals surface area contributed by atoms with Crippen molar-refractivity contribution in [2.45, 2.75) is 23.7 Å². The number of anilines is 1. The molecule has 0 saturated carbocycles. The monoisotopic (exact) mass is 475 g/mol. The van der Waals surface area contributed by atoms with Crippen molar-refractivity contribution in [3.8, 4) is 5.75 Å². The number of H-pyrrole nitrogens is 1. The second kappa shape index (κ2) is 7.77. The van der Waals surface area contributed by atoms with E-state index >= 15 is 0 Å². The first-order valence-corrected chi connectivity index (χ1v) is 12.9. The molecule has 8 heteroatoms. The minimum atomic E-state index is -3.74. The number of piperidine rings is 1. The molecule has 1 saturated heterocycles. The van der Waals surface area contributed by atoms with Gasteiger partial charge in [0.05, 0.1) is 17.7 Å². The maximum absolute atomic E-state index is 13.2. The van der Waals surface area contributed by atoms with Crippen LogP contribution in [0.2, 0.25) is 0 Å². The molecule has 0 spiro atoms. The zero-order chi connectivity index (χ0) is 23.4. The standard InChI is InChI=1S/C26H25N3O4S/c1-33-19-8-9-22-20(14-19)21(15-27-22)17-10-12-28(13-11-17)25(30)16-29-23-6-2-4-18-5-3-7-24(26(18)23)34(29,31)32/h2-9,14-15,17,27H,10-13,16H2,1H3. The first kappa shape index (κ1) is 21.0. The Labute approximate surface area is 198 Å². The quantitative estimate of drug-likeness (QED) is 0.479. The molecule has 0 atom stereocenters. The highest BCUT2D eigenvalue weighted by molar-refractivity contribution is 7.93. The molecule has 174 valence electrons. The summed E-state index contributed by atoms with van der Waals surface area (Å²) in [6.45, 7) is 1.03. The average molecular weight is 476 g/mol. The van der Waals surface area contributed by atoms with Gasteiger partial charge >= 0.3 is 0 Å². The molecule has 2 aliphatic rings. The summed E-state index contributed by atoms with van der Waals surface area (Å²) < 4.78 is 33.1. The summed E-state index contributed by atoms with van der Waals surface area (Å²) >= 11 is 0. The van der Waals surface area contributed by atoms with E-state index in [2.05, 4.69) is 17.2 Å². The Kier molecular flexibility index (Phi) is 4.81. The third kappa shape index (κ3) is 3.16. The molecule has 1 fully saturated rings. The summed E-state index contributed by atoms with van der Waals surface area (Å²) in [7, 11) is -2.08. The fourth-order valence-corrected chi connectivity index (χ4v) is 7.04. The van der Waals surface area contributed by atoms with Crippen LogP contribution in [0.5, 0.6) is 5.75 Å². The number of rotatable bonds is 4. The van der Waals surface area contributed by atoms with E-state index < -0.39 is 10.0 Å². The molecule has 7 nitrogen and oxygen atoms in total. The lowest BCUT2D eigenvalue weighted by molar-refractivity contribution is -0.130. The van der Waals surface area contributed by atoms with E-state index in [9.17, 15) is 13.2 Å². The molecular weight excluding hydrogens is 450 g/mol. The van der Waals surface area contributed by atoms with Crippen LogP contribution in [0.4, 0.5) is 5.69 Å². The normalized spacial score (nSPS) is 17.6. The number of carbonyl (C=O) groups excluding carboxylic acids is 1. The fraction of sp³-hybridized carbons (Fsp3) is 0.269. The van der Waals surface area contributed by atoms with Crippen molar-refractivity contribution in [2.24, 2.45) is 0 Å². The van der Waals surface area contributed by atoms with Gasteiger partial charge in [-0.3, -0.25) is 9.10 Å². The SMILES string of the molecule is COc1ccc2[nH]cc(C3CCN(C(=O)CN4c5cccc6cccc(c56)S4(=O)=O)CC3)c2c1. The van der Waals surface area contributed by atoms with Gasteiger partial charge in [-0.2, -0.15) is 0 Å².